The number of para-hydroxylation sites is 1. The second kappa shape index (κ2) is 8.94. The average Bonchev–Trinajstić information content (AvgIpc) is 3.30. The maximum absolute atomic E-state index is 12.2. The lowest BCUT2D eigenvalue weighted by Crippen LogP contribution is -2.33. The fourth-order valence-electron chi connectivity index (χ4n) is 5.09. The summed E-state index contributed by atoms with van der Waals surface area (Å²) in [6.07, 6.45) is 2.30. The zero-order valence-electron chi connectivity index (χ0n) is 19.5. The minimum atomic E-state index is 0.132. The lowest BCUT2D eigenvalue weighted by Gasteiger charge is -2.26. The summed E-state index contributed by atoms with van der Waals surface area (Å²) in [6.45, 7) is 4.83. The first-order chi connectivity index (χ1) is 16.0. The smallest absolute Gasteiger partial charge is 0.228 e. The zero-order chi connectivity index (χ0) is 22.9. The summed E-state index contributed by atoms with van der Waals surface area (Å²) in [5.41, 5.74) is 5.73. The number of ether oxygens (including phenoxy) is 1. The van der Waals surface area contributed by atoms with Crippen molar-refractivity contribution in [1.82, 2.24) is 14.9 Å². The first-order valence-corrected chi connectivity index (χ1v) is 11.6. The highest BCUT2D eigenvalue weighted by molar-refractivity contribution is 5.94. The van der Waals surface area contributed by atoms with Crippen LogP contribution in [0.1, 0.15) is 41.4 Å². The molecule has 2 aliphatic rings. The van der Waals surface area contributed by atoms with Crippen LogP contribution in [0.4, 0.5) is 5.82 Å². The maximum atomic E-state index is 12.2. The van der Waals surface area contributed by atoms with Gasteiger partial charge in [0.05, 0.1) is 7.11 Å². The minimum absolute atomic E-state index is 0.132. The molecule has 1 fully saturated rings. The third-order valence-electron chi connectivity index (χ3n) is 6.94. The monoisotopic (exact) mass is 442 g/mol. The van der Waals surface area contributed by atoms with Gasteiger partial charge in [0.15, 0.2) is 0 Å². The molecule has 0 saturated carbocycles. The van der Waals surface area contributed by atoms with Gasteiger partial charge in [-0.3, -0.25) is 14.6 Å². The summed E-state index contributed by atoms with van der Waals surface area (Å²) in [6, 6.07) is 16.7. The van der Waals surface area contributed by atoms with Crippen molar-refractivity contribution in [2.75, 3.05) is 32.1 Å². The van der Waals surface area contributed by atoms with E-state index in [1.807, 2.05) is 26.1 Å². The molecule has 0 spiro atoms. The lowest BCUT2D eigenvalue weighted by molar-refractivity contribution is -0.118. The van der Waals surface area contributed by atoms with Gasteiger partial charge in [0.2, 0.25) is 5.91 Å². The number of methoxy groups -OCH3 is 1. The molecule has 2 aliphatic heterocycles. The molecule has 0 aliphatic carbocycles. The van der Waals surface area contributed by atoms with E-state index in [0.29, 0.717) is 6.42 Å². The SMILES string of the molecule is COc1ccccc1-c1ccccc1CN1CCC(c2nc(C)c3c(n2)N(C)C(=O)CC3)C1. The van der Waals surface area contributed by atoms with Crippen molar-refractivity contribution in [3.8, 4) is 16.9 Å². The highest BCUT2D eigenvalue weighted by atomic mass is 16.5. The standard InChI is InChI=1S/C27H30N4O2/c1-18-21-12-13-25(32)30(2)27(21)29-26(28-18)20-14-15-31(17-20)16-19-8-4-5-9-22(19)23-10-6-7-11-24(23)33-3/h4-11,20H,12-17H2,1-3H3. The second-order valence-electron chi connectivity index (χ2n) is 9.00. The van der Waals surface area contributed by atoms with E-state index >= 15 is 0 Å². The molecule has 6 nitrogen and oxygen atoms in total. The van der Waals surface area contributed by atoms with Crippen LogP contribution in [0.3, 0.4) is 0 Å². The van der Waals surface area contributed by atoms with Crippen molar-refractivity contribution < 1.29 is 9.53 Å². The van der Waals surface area contributed by atoms with Crippen LogP contribution < -0.4 is 9.64 Å². The molecular weight excluding hydrogens is 412 g/mol. The van der Waals surface area contributed by atoms with Crippen molar-refractivity contribution in [3.63, 3.8) is 0 Å². The molecule has 6 heteroatoms. The van der Waals surface area contributed by atoms with E-state index in [1.165, 1.54) is 11.1 Å². The Morgan fingerprint density at radius 3 is 2.61 bits per heavy atom. The van der Waals surface area contributed by atoms with Crippen molar-refractivity contribution in [3.05, 3.63) is 71.2 Å². The number of aromatic nitrogens is 2. The summed E-state index contributed by atoms with van der Waals surface area (Å²) >= 11 is 0. The summed E-state index contributed by atoms with van der Waals surface area (Å²) in [4.78, 5) is 26.1. The van der Waals surface area contributed by atoms with E-state index in [0.717, 1.165) is 66.7 Å². The number of likely N-dealkylation sites (tertiary alicyclic amines) is 1. The minimum Gasteiger partial charge on any atom is -0.496 e. The Morgan fingerprint density at radius 1 is 1.03 bits per heavy atom. The Balaban J connectivity index is 1.37. The molecule has 5 rings (SSSR count). The molecule has 3 aromatic rings. The van der Waals surface area contributed by atoms with E-state index in [4.69, 9.17) is 14.7 Å². The van der Waals surface area contributed by atoms with Gasteiger partial charge in [0.1, 0.15) is 17.4 Å². The molecule has 1 saturated heterocycles. The first kappa shape index (κ1) is 21.6. The Bertz CT molecular complexity index is 1190. The van der Waals surface area contributed by atoms with Gasteiger partial charge in [-0.25, -0.2) is 9.97 Å². The molecule has 33 heavy (non-hydrogen) atoms. The summed E-state index contributed by atoms with van der Waals surface area (Å²) in [7, 11) is 3.55. The Kier molecular flexibility index (Phi) is 5.85. The van der Waals surface area contributed by atoms with Gasteiger partial charge >= 0.3 is 0 Å². The molecule has 3 heterocycles. The molecule has 0 N–H and O–H groups in total. The maximum Gasteiger partial charge on any atom is 0.228 e. The molecule has 1 aromatic heterocycles. The van der Waals surface area contributed by atoms with E-state index in [2.05, 4.69) is 41.3 Å². The van der Waals surface area contributed by atoms with Crippen LogP contribution in [-0.2, 0) is 17.8 Å². The van der Waals surface area contributed by atoms with Crippen LogP contribution >= 0.6 is 0 Å². The zero-order valence-corrected chi connectivity index (χ0v) is 19.5. The number of anilines is 1. The number of aryl methyl sites for hydroxylation is 1. The number of benzene rings is 2. The number of hydrogen-bond acceptors (Lipinski definition) is 5. The Labute approximate surface area is 195 Å². The van der Waals surface area contributed by atoms with Gasteiger partial charge in [-0.1, -0.05) is 42.5 Å². The number of fused-ring (bicyclic) bond motifs is 1. The van der Waals surface area contributed by atoms with Crippen LogP contribution in [0.2, 0.25) is 0 Å². The summed E-state index contributed by atoms with van der Waals surface area (Å²) in [5, 5.41) is 0. The highest BCUT2D eigenvalue weighted by Crippen LogP contribution is 2.35. The van der Waals surface area contributed by atoms with Crippen molar-refractivity contribution in [1.29, 1.82) is 0 Å². The third-order valence-corrected chi connectivity index (χ3v) is 6.94. The fraction of sp³-hybridized carbons (Fsp3) is 0.370. The Hall–Kier alpha value is -3.25. The van der Waals surface area contributed by atoms with Crippen LogP contribution in [0, 0.1) is 6.92 Å². The van der Waals surface area contributed by atoms with Crippen LogP contribution in [0.15, 0.2) is 48.5 Å². The topological polar surface area (TPSA) is 58.6 Å². The second-order valence-corrected chi connectivity index (χ2v) is 9.00. The number of carbonyl (C=O) groups is 1. The fourth-order valence-corrected chi connectivity index (χ4v) is 5.09. The number of rotatable bonds is 5. The van der Waals surface area contributed by atoms with E-state index < -0.39 is 0 Å². The number of hydrogen-bond donors (Lipinski definition) is 0. The average molecular weight is 443 g/mol. The molecular formula is C27H30N4O2. The number of carbonyl (C=O) groups excluding carboxylic acids is 1. The van der Waals surface area contributed by atoms with Crippen LogP contribution in [-0.4, -0.2) is 48.0 Å². The molecule has 1 atom stereocenters. The van der Waals surface area contributed by atoms with Crippen LogP contribution in [0.5, 0.6) is 5.75 Å². The quantitative estimate of drug-likeness (QED) is 0.588. The highest BCUT2D eigenvalue weighted by Gasteiger charge is 2.30. The van der Waals surface area contributed by atoms with Gasteiger partial charge in [0, 0.05) is 49.3 Å². The van der Waals surface area contributed by atoms with Gasteiger partial charge < -0.3 is 4.74 Å². The predicted molar refractivity (Wildman–Crippen MR) is 130 cm³/mol. The largest absolute Gasteiger partial charge is 0.496 e. The molecule has 170 valence electrons. The van der Waals surface area contributed by atoms with Crippen molar-refractivity contribution in [2.24, 2.45) is 0 Å². The first-order valence-electron chi connectivity index (χ1n) is 11.6. The normalized spacial score (nSPS) is 18.5. The van der Waals surface area contributed by atoms with E-state index in [9.17, 15) is 4.79 Å². The summed E-state index contributed by atoms with van der Waals surface area (Å²) in [5.74, 6) is 2.97. The molecule has 1 amide bonds. The predicted octanol–water partition coefficient (Wildman–Crippen LogP) is 4.36. The number of nitrogens with zero attached hydrogens (tertiary/aromatic N) is 4. The molecule has 0 bridgehead atoms. The van der Waals surface area contributed by atoms with E-state index in [1.54, 1.807) is 12.0 Å². The van der Waals surface area contributed by atoms with Gasteiger partial charge in [-0.15, -0.1) is 0 Å². The summed E-state index contributed by atoms with van der Waals surface area (Å²) < 4.78 is 5.61. The number of amides is 1. The molecule has 2 aromatic carbocycles. The van der Waals surface area contributed by atoms with Crippen molar-refractivity contribution >= 4 is 11.7 Å². The Morgan fingerprint density at radius 2 is 1.79 bits per heavy atom. The van der Waals surface area contributed by atoms with Gasteiger partial charge in [-0.2, -0.15) is 0 Å². The molecule has 1 unspecified atom stereocenters. The van der Waals surface area contributed by atoms with E-state index in [-0.39, 0.29) is 11.8 Å². The lowest BCUT2D eigenvalue weighted by atomic mass is 9.98. The van der Waals surface area contributed by atoms with Gasteiger partial charge in [-0.05, 0) is 43.5 Å². The molecule has 0 radical (unpaired) electrons. The van der Waals surface area contributed by atoms with Gasteiger partial charge in [0.25, 0.3) is 0 Å². The van der Waals surface area contributed by atoms with Crippen LogP contribution in [0.25, 0.3) is 11.1 Å². The van der Waals surface area contributed by atoms with Crippen molar-refractivity contribution in [2.45, 2.75) is 38.6 Å². The third kappa shape index (κ3) is 4.11.